The molecule has 0 aromatic carbocycles. The smallest absolute Gasteiger partial charge is 0.266 e. The highest BCUT2D eigenvalue weighted by atomic mass is 19.3. The molecule has 0 radical (unpaired) electrons. The average Bonchev–Trinajstić information content (AvgIpc) is 3.11. The highest BCUT2D eigenvalue weighted by molar-refractivity contribution is 4.89. The largest absolute Gasteiger partial charge is 0.353 e. The van der Waals surface area contributed by atoms with Crippen LogP contribution in [0.1, 0.15) is 129 Å². The Balaban J connectivity index is 0.000000188. The van der Waals surface area contributed by atoms with Gasteiger partial charge in [-0.3, -0.25) is 0 Å². The number of hydrogen-bond donors (Lipinski definition) is 0. The molecule has 276 valence electrons. The minimum atomic E-state index is -1.52. The van der Waals surface area contributed by atoms with E-state index in [1.165, 1.54) is 77.0 Å². The van der Waals surface area contributed by atoms with Crippen molar-refractivity contribution in [1.29, 1.82) is 0 Å². The number of rotatable bonds is 8. The van der Waals surface area contributed by atoms with Gasteiger partial charge in [0.2, 0.25) is 0 Å². The molecule has 4 saturated carbocycles. The van der Waals surface area contributed by atoms with Crippen molar-refractivity contribution in [3.8, 4) is 0 Å². The van der Waals surface area contributed by atoms with E-state index < -0.39 is 12.2 Å². The second kappa shape index (κ2) is 19.6. The zero-order chi connectivity index (χ0) is 33.9. The highest BCUT2D eigenvalue weighted by Gasteiger charge is 2.36. The van der Waals surface area contributed by atoms with Crippen molar-refractivity contribution in [1.82, 2.24) is 0 Å². The van der Waals surface area contributed by atoms with Crippen molar-refractivity contribution in [2.75, 3.05) is 26.4 Å². The summed E-state index contributed by atoms with van der Waals surface area (Å²) < 4.78 is 71.9. The Bertz CT molecular complexity index is 874. The van der Waals surface area contributed by atoms with Gasteiger partial charge in [-0.1, -0.05) is 6.92 Å². The maximum atomic E-state index is 12.2. The third-order valence-corrected chi connectivity index (χ3v) is 13.2. The van der Waals surface area contributed by atoms with Crippen molar-refractivity contribution in [3.05, 3.63) is 24.3 Å². The third-order valence-electron chi connectivity index (χ3n) is 13.2. The van der Waals surface area contributed by atoms with Crippen molar-refractivity contribution < 1.29 is 36.5 Å². The summed E-state index contributed by atoms with van der Waals surface area (Å²) in [5.74, 6) is 6.75. The summed E-state index contributed by atoms with van der Waals surface area (Å²) in [7, 11) is 0. The fraction of sp³-hybridized carbons (Fsp3) is 0.900. The Hall–Kier alpha value is -0.960. The van der Waals surface area contributed by atoms with Crippen molar-refractivity contribution in [3.63, 3.8) is 0 Å². The van der Waals surface area contributed by atoms with Crippen LogP contribution in [0.25, 0.3) is 0 Å². The first-order chi connectivity index (χ1) is 23.2. The van der Waals surface area contributed by atoms with Crippen LogP contribution in [0, 0.1) is 59.2 Å². The molecule has 4 nitrogen and oxygen atoms in total. The fourth-order valence-corrected chi connectivity index (χ4v) is 10.1. The van der Waals surface area contributed by atoms with E-state index in [0.717, 1.165) is 93.9 Å². The van der Waals surface area contributed by atoms with Crippen LogP contribution in [-0.2, 0) is 18.9 Å². The van der Waals surface area contributed by atoms with E-state index in [9.17, 15) is 17.6 Å². The summed E-state index contributed by atoms with van der Waals surface area (Å²) in [4.78, 5) is 0. The molecule has 48 heavy (non-hydrogen) atoms. The SMILES string of the molecule is CC1COC(C2CCC(C3CCC(CC=C(F)F)CC3)CC2)OC1.CC1OCC(C2CCC(C3CCC(CC=C(F)F)CC3)CC2)CO1. The molecule has 8 heteroatoms. The maximum absolute atomic E-state index is 12.2. The molecule has 0 bridgehead atoms. The lowest BCUT2D eigenvalue weighted by Gasteiger charge is -2.41. The summed E-state index contributed by atoms with van der Waals surface area (Å²) >= 11 is 0. The monoisotopic (exact) mass is 684 g/mol. The lowest BCUT2D eigenvalue weighted by atomic mass is 9.67. The minimum absolute atomic E-state index is 0.0280. The van der Waals surface area contributed by atoms with E-state index >= 15 is 0 Å². The van der Waals surface area contributed by atoms with E-state index in [2.05, 4.69) is 6.92 Å². The van der Waals surface area contributed by atoms with Crippen LogP contribution in [0.3, 0.4) is 0 Å². The summed E-state index contributed by atoms with van der Waals surface area (Å²) in [6, 6.07) is 0. The van der Waals surface area contributed by atoms with E-state index in [0.29, 0.717) is 42.4 Å². The van der Waals surface area contributed by atoms with Gasteiger partial charge in [-0.2, -0.15) is 17.6 Å². The van der Waals surface area contributed by atoms with Crippen LogP contribution in [0.2, 0.25) is 0 Å². The van der Waals surface area contributed by atoms with Gasteiger partial charge in [0.1, 0.15) is 0 Å². The molecule has 0 unspecified atom stereocenters. The van der Waals surface area contributed by atoms with Crippen molar-refractivity contribution in [2.45, 2.75) is 142 Å². The lowest BCUT2D eigenvalue weighted by molar-refractivity contribution is -0.227. The van der Waals surface area contributed by atoms with Gasteiger partial charge in [-0.15, -0.1) is 0 Å². The van der Waals surface area contributed by atoms with E-state index in [4.69, 9.17) is 18.9 Å². The molecule has 6 aliphatic rings. The van der Waals surface area contributed by atoms with Gasteiger partial charge in [0, 0.05) is 17.8 Å². The zero-order valence-corrected chi connectivity index (χ0v) is 29.8. The molecule has 0 aromatic rings. The molecule has 6 fully saturated rings. The molecule has 2 saturated heterocycles. The Morgan fingerprint density at radius 3 is 1.15 bits per heavy atom. The molecule has 0 amide bonds. The van der Waals surface area contributed by atoms with Crippen LogP contribution < -0.4 is 0 Å². The van der Waals surface area contributed by atoms with E-state index in [-0.39, 0.29) is 12.6 Å². The first-order valence-corrected chi connectivity index (χ1v) is 19.7. The number of ether oxygens (including phenoxy) is 4. The normalized spacial score (nSPS) is 41.0. The minimum Gasteiger partial charge on any atom is -0.353 e. The van der Waals surface area contributed by atoms with Gasteiger partial charge in [0.05, 0.1) is 26.4 Å². The summed E-state index contributed by atoms with van der Waals surface area (Å²) in [6.07, 6.45) is 20.1. The summed E-state index contributed by atoms with van der Waals surface area (Å²) in [5, 5.41) is 0. The van der Waals surface area contributed by atoms with Crippen LogP contribution in [0.15, 0.2) is 24.3 Å². The fourth-order valence-electron chi connectivity index (χ4n) is 10.1. The Morgan fingerprint density at radius 1 is 0.438 bits per heavy atom. The van der Waals surface area contributed by atoms with Gasteiger partial charge in [-0.05, 0) is 176 Å². The maximum Gasteiger partial charge on any atom is 0.266 e. The first-order valence-electron chi connectivity index (χ1n) is 19.7. The van der Waals surface area contributed by atoms with Crippen molar-refractivity contribution in [2.24, 2.45) is 59.2 Å². The van der Waals surface area contributed by atoms with Crippen LogP contribution >= 0.6 is 0 Å². The molecule has 2 aliphatic heterocycles. The molecule has 0 spiro atoms. The molecule has 2 heterocycles. The highest BCUT2D eigenvalue weighted by Crippen LogP contribution is 2.45. The van der Waals surface area contributed by atoms with E-state index in [1.807, 2.05) is 6.92 Å². The van der Waals surface area contributed by atoms with Crippen LogP contribution in [0.5, 0.6) is 0 Å². The second-order valence-electron chi connectivity index (χ2n) is 16.5. The molecule has 0 atom stereocenters. The average molecular weight is 685 g/mol. The molecule has 0 N–H and O–H groups in total. The van der Waals surface area contributed by atoms with Gasteiger partial charge in [-0.25, -0.2) is 0 Å². The van der Waals surface area contributed by atoms with Gasteiger partial charge >= 0.3 is 0 Å². The number of halogens is 4. The molecular formula is C40H64F4O4. The molecular weight excluding hydrogens is 620 g/mol. The lowest BCUT2D eigenvalue weighted by Crippen LogP contribution is -2.38. The molecule has 4 aliphatic carbocycles. The van der Waals surface area contributed by atoms with Gasteiger partial charge in [0.25, 0.3) is 12.2 Å². The third kappa shape index (κ3) is 12.1. The molecule has 6 rings (SSSR count). The quantitative estimate of drug-likeness (QED) is 0.239. The topological polar surface area (TPSA) is 36.9 Å². The first kappa shape index (κ1) is 38.3. The summed E-state index contributed by atoms with van der Waals surface area (Å²) in [6.45, 7) is 7.54. The predicted molar refractivity (Wildman–Crippen MR) is 181 cm³/mol. The van der Waals surface area contributed by atoms with Crippen LogP contribution in [0.4, 0.5) is 17.6 Å². The van der Waals surface area contributed by atoms with Gasteiger partial charge in [0.15, 0.2) is 12.6 Å². The van der Waals surface area contributed by atoms with E-state index in [1.54, 1.807) is 0 Å². The predicted octanol–water partition coefficient (Wildman–Crippen LogP) is 11.6. The summed E-state index contributed by atoms with van der Waals surface area (Å²) in [5.41, 5.74) is 0. The Kier molecular flexibility index (Phi) is 15.6. The molecule has 0 aromatic heterocycles. The zero-order valence-electron chi connectivity index (χ0n) is 29.8. The number of allylic oxidation sites excluding steroid dienone is 2. The standard InChI is InChI=1S/2C20H32F2O2/c1-14-23-12-19(13-24-14)18-9-7-17(8-10-18)16-5-2-15(3-6-16)4-11-20(21)22;1-14-12-23-20(24-13-14)18-9-7-17(8-10-18)16-5-2-15(3-6-16)4-11-19(21)22/h11,14-19H,2-10,12-13H2,1H3;11,14-18,20H,2-10,12-13H2,1H3. The second-order valence-corrected chi connectivity index (χ2v) is 16.5. The number of hydrogen-bond acceptors (Lipinski definition) is 4. The Labute approximate surface area is 288 Å². The van der Waals surface area contributed by atoms with Gasteiger partial charge < -0.3 is 18.9 Å². The van der Waals surface area contributed by atoms with Crippen LogP contribution in [-0.4, -0.2) is 39.0 Å². The Morgan fingerprint density at radius 2 is 0.771 bits per heavy atom. The van der Waals surface area contributed by atoms with Crippen molar-refractivity contribution >= 4 is 0 Å².